The van der Waals surface area contributed by atoms with Crippen molar-refractivity contribution in [2.75, 3.05) is 14.2 Å². The van der Waals surface area contributed by atoms with Gasteiger partial charge in [0, 0.05) is 29.7 Å². The third-order valence-electron chi connectivity index (χ3n) is 4.67. The zero-order valence-electron chi connectivity index (χ0n) is 18.0. The lowest BCUT2D eigenvalue weighted by Gasteiger charge is -2.40. The van der Waals surface area contributed by atoms with Gasteiger partial charge < -0.3 is 18.9 Å². The molecule has 0 fully saturated rings. The highest BCUT2D eigenvalue weighted by molar-refractivity contribution is 6.30. The van der Waals surface area contributed by atoms with E-state index in [9.17, 15) is 14.4 Å². The molecule has 2 rings (SSSR count). The van der Waals surface area contributed by atoms with Crippen molar-refractivity contribution in [2.45, 2.75) is 52.2 Å². The van der Waals surface area contributed by atoms with E-state index < -0.39 is 29.1 Å². The van der Waals surface area contributed by atoms with Crippen LogP contribution in [0.1, 0.15) is 51.7 Å². The van der Waals surface area contributed by atoms with Gasteiger partial charge in [0.1, 0.15) is 0 Å². The van der Waals surface area contributed by atoms with E-state index in [1.807, 2.05) is 6.92 Å². The fraction of sp³-hybridized carbons (Fsp3) is 0.500. The summed E-state index contributed by atoms with van der Waals surface area (Å²) in [6, 6.07) is 4.63. The molecule has 164 valence electrons. The third kappa shape index (κ3) is 4.37. The van der Waals surface area contributed by atoms with Crippen LogP contribution < -0.4 is 0 Å². The quantitative estimate of drug-likeness (QED) is 0.469. The summed E-state index contributed by atoms with van der Waals surface area (Å²) >= 11 is 6.19. The van der Waals surface area contributed by atoms with Gasteiger partial charge in [-0.25, -0.2) is 0 Å². The molecule has 0 aliphatic heterocycles. The first kappa shape index (κ1) is 23.9. The molecule has 0 amide bonds. The molecule has 7 nitrogen and oxygen atoms in total. The van der Waals surface area contributed by atoms with Gasteiger partial charge >= 0.3 is 11.9 Å². The van der Waals surface area contributed by atoms with Crippen molar-refractivity contribution in [3.8, 4) is 0 Å². The number of rotatable bonds is 7. The van der Waals surface area contributed by atoms with Crippen LogP contribution in [0.3, 0.4) is 0 Å². The number of fused-ring (bicyclic) bond motifs is 1. The second-order valence-electron chi connectivity index (χ2n) is 7.98. The van der Waals surface area contributed by atoms with Crippen LogP contribution in [-0.4, -0.2) is 38.5 Å². The van der Waals surface area contributed by atoms with Crippen molar-refractivity contribution in [3.63, 3.8) is 0 Å². The van der Waals surface area contributed by atoms with Crippen molar-refractivity contribution < 1.29 is 33.3 Å². The van der Waals surface area contributed by atoms with E-state index >= 15 is 0 Å². The third-order valence-corrected chi connectivity index (χ3v) is 4.91. The Morgan fingerprint density at radius 1 is 1.23 bits per heavy atom. The number of ether oxygens (including phenoxy) is 4. The lowest BCUT2D eigenvalue weighted by molar-refractivity contribution is -0.180. The minimum Gasteiger partial charge on any atom is -0.494 e. The number of methoxy groups -OCH3 is 2. The van der Waals surface area contributed by atoms with Gasteiger partial charge in [0.05, 0.1) is 12.5 Å². The molecule has 8 heteroatoms. The minimum atomic E-state index is -1.83. The number of aldehydes is 1. The Hall–Kier alpha value is -2.38. The molecule has 0 bridgehead atoms. The van der Waals surface area contributed by atoms with Crippen LogP contribution in [0.2, 0.25) is 5.02 Å². The topological polar surface area (TPSA) is 88.1 Å². The molecule has 0 aromatic heterocycles. The number of halogens is 1. The first-order chi connectivity index (χ1) is 14.0. The number of hydrogen-bond acceptors (Lipinski definition) is 7. The van der Waals surface area contributed by atoms with Crippen molar-refractivity contribution in [3.05, 3.63) is 40.1 Å². The first-order valence-corrected chi connectivity index (χ1v) is 9.95. The van der Waals surface area contributed by atoms with Gasteiger partial charge in [-0.05, 0) is 39.3 Å². The molecule has 1 aliphatic rings. The average Bonchev–Trinajstić information content (AvgIpc) is 2.68. The Morgan fingerprint density at radius 3 is 2.40 bits per heavy atom. The molecule has 30 heavy (non-hydrogen) atoms. The van der Waals surface area contributed by atoms with Crippen molar-refractivity contribution in [1.29, 1.82) is 0 Å². The maximum atomic E-state index is 12.6. The summed E-state index contributed by atoms with van der Waals surface area (Å²) in [6.45, 7) is 6.95. The molecule has 1 aromatic carbocycles. The molecule has 0 heterocycles. The van der Waals surface area contributed by atoms with E-state index in [-0.39, 0.29) is 23.5 Å². The van der Waals surface area contributed by atoms with Crippen LogP contribution in [0.5, 0.6) is 0 Å². The van der Waals surface area contributed by atoms with Crippen molar-refractivity contribution in [1.82, 2.24) is 0 Å². The van der Waals surface area contributed by atoms with Gasteiger partial charge in [0.25, 0.3) is 0 Å². The summed E-state index contributed by atoms with van der Waals surface area (Å²) in [4.78, 5) is 37.4. The fourth-order valence-corrected chi connectivity index (χ4v) is 3.34. The van der Waals surface area contributed by atoms with E-state index in [1.54, 1.807) is 32.9 Å². The highest BCUT2D eigenvalue weighted by Gasteiger charge is 2.54. The molecule has 0 saturated heterocycles. The standard InChI is InChI=1S/C22H27ClO7/c1-7-8-16(25)30-22(12-24)15-10-9-13(23)11-14(15)17(18(27-5)19(22)28-6)29-20(26)21(2,3)4/h9-12,19H,7-8H2,1-6H3. The molecular weight excluding hydrogens is 412 g/mol. The summed E-state index contributed by atoms with van der Waals surface area (Å²) in [6.07, 6.45) is -0.00651. The zero-order chi connectivity index (χ0) is 22.7. The number of benzene rings is 1. The fourth-order valence-electron chi connectivity index (χ4n) is 3.17. The minimum absolute atomic E-state index is 0.0428. The molecule has 1 aromatic rings. The maximum absolute atomic E-state index is 12.6. The molecule has 0 N–H and O–H groups in total. The van der Waals surface area contributed by atoms with Gasteiger partial charge in [0.15, 0.2) is 23.9 Å². The second kappa shape index (κ2) is 9.18. The zero-order valence-corrected chi connectivity index (χ0v) is 18.8. The van der Waals surface area contributed by atoms with E-state index in [0.717, 1.165) is 0 Å². The van der Waals surface area contributed by atoms with Crippen LogP contribution in [0.15, 0.2) is 24.0 Å². The van der Waals surface area contributed by atoms with Gasteiger partial charge in [-0.2, -0.15) is 0 Å². The predicted octanol–water partition coefficient (Wildman–Crippen LogP) is 4.01. The smallest absolute Gasteiger partial charge is 0.316 e. The Balaban J connectivity index is 2.78. The molecule has 2 atom stereocenters. The molecule has 2 unspecified atom stereocenters. The van der Waals surface area contributed by atoms with Crippen LogP contribution in [-0.2, 0) is 38.9 Å². The Morgan fingerprint density at radius 2 is 1.90 bits per heavy atom. The summed E-state index contributed by atoms with van der Waals surface area (Å²) in [7, 11) is 2.70. The predicted molar refractivity (Wildman–Crippen MR) is 110 cm³/mol. The van der Waals surface area contributed by atoms with E-state index in [1.165, 1.54) is 20.3 Å². The van der Waals surface area contributed by atoms with Crippen molar-refractivity contribution >= 4 is 35.6 Å². The largest absolute Gasteiger partial charge is 0.494 e. The van der Waals surface area contributed by atoms with Gasteiger partial charge in [-0.15, -0.1) is 0 Å². The monoisotopic (exact) mass is 438 g/mol. The van der Waals surface area contributed by atoms with E-state index in [4.69, 9.17) is 30.5 Å². The highest BCUT2D eigenvalue weighted by atomic mass is 35.5. The molecule has 0 radical (unpaired) electrons. The Labute approximate surface area is 181 Å². The lowest BCUT2D eigenvalue weighted by Crippen LogP contribution is -2.50. The van der Waals surface area contributed by atoms with E-state index in [2.05, 4.69) is 0 Å². The van der Waals surface area contributed by atoms with Gasteiger partial charge in [-0.3, -0.25) is 14.4 Å². The van der Waals surface area contributed by atoms with E-state index in [0.29, 0.717) is 23.3 Å². The number of hydrogen-bond donors (Lipinski definition) is 0. The van der Waals surface area contributed by atoms with Gasteiger partial charge in [-0.1, -0.05) is 24.6 Å². The molecular formula is C22H27ClO7. The highest BCUT2D eigenvalue weighted by Crippen LogP contribution is 2.46. The molecule has 0 saturated carbocycles. The normalized spacial score (nSPS) is 21.0. The first-order valence-electron chi connectivity index (χ1n) is 9.57. The van der Waals surface area contributed by atoms with Crippen molar-refractivity contribution in [2.24, 2.45) is 5.41 Å². The molecule has 0 spiro atoms. The van der Waals surface area contributed by atoms with Gasteiger partial charge in [0.2, 0.25) is 5.60 Å². The summed E-state index contributed by atoms with van der Waals surface area (Å²) < 4.78 is 22.4. The number of carbonyl (C=O) groups is 3. The average molecular weight is 439 g/mol. The SMILES string of the molecule is CCCC(=O)OC1(C=O)c2ccc(Cl)cc2C(OC(=O)C(C)(C)C)=C(OC)C1OC. The Bertz CT molecular complexity index is 869. The maximum Gasteiger partial charge on any atom is 0.316 e. The van der Waals surface area contributed by atoms with Crippen LogP contribution in [0, 0.1) is 5.41 Å². The molecule has 1 aliphatic carbocycles. The van der Waals surface area contributed by atoms with Crippen LogP contribution in [0.25, 0.3) is 5.76 Å². The summed E-state index contributed by atoms with van der Waals surface area (Å²) in [5.41, 5.74) is -2.04. The number of esters is 2. The van der Waals surface area contributed by atoms with Crippen LogP contribution in [0.4, 0.5) is 0 Å². The lowest BCUT2D eigenvalue weighted by atomic mass is 9.79. The van der Waals surface area contributed by atoms with Crippen LogP contribution >= 0.6 is 11.6 Å². The Kier molecular flexibility index (Phi) is 7.31. The number of carbonyl (C=O) groups excluding carboxylic acids is 3. The second-order valence-corrected chi connectivity index (χ2v) is 8.41. The summed E-state index contributed by atoms with van der Waals surface area (Å²) in [5.74, 6) is -0.986. The summed E-state index contributed by atoms with van der Waals surface area (Å²) in [5, 5.41) is 0.337.